The maximum Gasteiger partial charge on any atom is 0.246 e. The van der Waals surface area contributed by atoms with Crippen LogP contribution < -0.4 is 0 Å². The van der Waals surface area contributed by atoms with E-state index in [1.807, 2.05) is 6.92 Å². The van der Waals surface area contributed by atoms with Gasteiger partial charge in [0.2, 0.25) is 10.0 Å². The number of hydrogen-bond donors (Lipinski definition) is 0. The first-order valence-corrected chi connectivity index (χ1v) is 8.53. The summed E-state index contributed by atoms with van der Waals surface area (Å²) in [7, 11) is -4.03. The summed E-state index contributed by atoms with van der Waals surface area (Å²) < 4.78 is 59.2. The second-order valence-corrected chi connectivity index (χ2v) is 6.91. The van der Waals surface area contributed by atoms with Crippen molar-refractivity contribution in [3.63, 3.8) is 0 Å². The van der Waals surface area contributed by atoms with Crippen molar-refractivity contribution in [3.05, 3.63) is 29.3 Å². The second kappa shape index (κ2) is 6.56. The molecule has 118 valence electrons. The number of rotatable bonds is 4. The molecule has 8 heteroatoms. The van der Waals surface area contributed by atoms with Gasteiger partial charge in [0.15, 0.2) is 5.82 Å². The van der Waals surface area contributed by atoms with Gasteiger partial charge < -0.3 is 4.74 Å². The minimum Gasteiger partial charge on any atom is -0.375 e. The van der Waals surface area contributed by atoms with E-state index in [-0.39, 0.29) is 25.8 Å². The third kappa shape index (κ3) is 3.21. The van der Waals surface area contributed by atoms with Gasteiger partial charge in [0.1, 0.15) is 10.7 Å². The van der Waals surface area contributed by atoms with E-state index >= 15 is 0 Å². The second-order valence-electron chi connectivity index (χ2n) is 4.74. The summed E-state index contributed by atoms with van der Waals surface area (Å²) in [6, 6.07) is 1.86. The zero-order chi connectivity index (χ0) is 15.6. The van der Waals surface area contributed by atoms with Crippen LogP contribution in [0.5, 0.6) is 0 Å². The molecular formula is C13H16ClF2NO3S. The number of nitrogens with zero attached hydrogens (tertiary/aromatic N) is 1. The van der Waals surface area contributed by atoms with Crippen LogP contribution in [0, 0.1) is 11.6 Å². The lowest BCUT2D eigenvalue weighted by Gasteiger charge is -2.31. The Labute approximate surface area is 127 Å². The number of benzene rings is 1. The summed E-state index contributed by atoms with van der Waals surface area (Å²) in [6.45, 7) is 2.44. The number of morpholine rings is 1. The molecule has 0 saturated carbocycles. The summed E-state index contributed by atoms with van der Waals surface area (Å²) in [5.41, 5.74) is -0.432. The molecule has 0 bridgehead atoms. The molecule has 0 amide bonds. The number of hydrogen-bond acceptors (Lipinski definition) is 3. The molecule has 0 aliphatic carbocycles. The summed E-state index contributed by atoms with van der Waals surface area (Å²) in [5, 5.41) is 0. The first-order valence-electron chi connectivity index (χ1n) is 6.56. The fraction of sp³-hybridized carbons (Fsp3) is 0.538. The lowest BCUT2D eigenvalue weighted by molar-refractivity contribution is -0.00283. The highest BCUT2D eigenvalue weighted by molar-refractivity contribution is 7.89. The van der Waals surface area contributed by atoms with Crippen molar-refractivity contribution in [1.29, 1.82) is 0 Å². The van der Waals surface area contributed by atoms with E-state index in [0.29, 0.717) is 6.42 Å². The molecule has 0 radical (unpaired) electrons. The fourth-order valence-corrected chi connectivity index (χ4v) is 3.98. The third-order valence-corrected chi connectivity index (χ3v) is 5.61. The highest BCUT2D eigenvalue weighted by Gasteiger charge is 2.33. The Morgan fingerprint density at radius 1 is 1.43 bits per heavy atom. The fourth-order valence-electron chi connectivity index (χ4n) is 2.19. The Balaban J connectivity index is 2.40. The van der Waals surface area contributed by atoms with E-state index in [0.717, 1.165) is 12.1 Å². The zero-order valence-electron chi connectivity index (χ0n) is 11.5. The van der Waals surface area contributed by atoms with Crippen molar-refractivity contribution in [2.45, 2.75) is 30.2 Å². The van der Waals surface area contributed by atoms with Gasteiger partial charge >= 0.3 is 0 Å². The molecule has 1 aromatic rings. The van der Waals surface area contributed by atoms with E-state index in [1.165, 1.54) is 4.31 Å². The van der Waals surface area contributed by atoms with Gasteiger partial charge in [-0.1, -0.05) is 6.92 Å². The summed E-state index contributed by atoms with van der Waals surface area (Å²) in [5.74, 6) is -2.40. The highest BCUT2D eigenvalue weighted by Crippen LogP contribution is 2.26. The van der Waals surface area contributed by atoms with Crippen LogP contribution in [0.15, 0.2) is 17.0 Å². The van der Waals surface area contributed by atoms with Gasteiger partial charge in [0, 0.05) is 18.7 Å². The van der Waals surface area contributed by atoms with Crippen LogP contribution >= 0.6 is 11.6 Å². The van der Waals surface area contributed by atoms with Gasteiger partial charge in [-0.3, -0.25) is 0 Å². The van der Waals surface area contributed by atoms with Crippen LogP contribution in [0.2, 0.25) is 0 Å². The largest absolute Gasteiger partial charge is 0.375 e. The SMILES string of the molecule is CCC1CN(S(=O)(=O)c2ccc(F)c(CCl)c2F)CCO1. The van der Waals surface area contributed by atoms with Crippen LogP contribution in [0.25, 0.3) is 0 Å². The Hall–Kier alpha value is -0.760. The van der Waals surface area contributed by atoms with Gasteiger partial charge in [-0.15, -0.1) is 11.6 Å². The highest BCUT2D eigenvalue weighted by atomic mass is 35.5. The molecular weight excluding hydrogens is 324 g/mol. The third-order valence-electron chi connectivity index (χ3n) is 3.46. The molecule has 0 N–H and O–H groups in total. The zero-order valence-corrected chi connectivity index (χ0v) is 13.1. The molecule has 1 aromatic carbocycles. The van der Waals surface area contributed by atoms with Crippen molar-refractivity contribution in [1.82, 2.24) is 4.31 Å². The molecule has 2 rings (SSSR count). The molecule has 4 nitrogen and oxygen atoms in total. The lowest BCUT2D eigenvalue weighted by Crippen LogP contribution is -2.45. The van der Waals surface area contributed by atoms with Crippen LogP contribution in [0.3, 0.4) is 0 Å². The van der Waals surface area contributed by atoms with Crippen molar-refractivity contribution < 1.29 is 21.9 Å². The van der Waals surface area contributed by atoms with Crippen LogP contribution in [-0.4, -0.2) is 38.5 Å². The number of sulfonamides is 1. The minimum absolute atomic E-state index is 0.145. The van der Waals surface area contributed by atoms with Gasteiger partial charge in [-0.05, 0) is 18.6 Å². The first-order chi connectivity index (χ1) is 9.91. The normalized spacial score (nSPS) is 20.7. The van der Waals surface area contributed by atoms with E-state index in [2.05, 4.69) is 0 Å². The molecule has 1 unspecified atom stereocenters. The number of halogens is 3. The molecule has 21 heavy (non-hydrogen) atoms. The van der Waals surface area contributed by atoms with Crippen molar-refractivity contribution in [2.24, 2.45) is 0 Å². The average Bonchev–Trinajstić information content (AvgIpc) is 2.47. The molecule has 0 aromatic heterocycles. The molecule has 1 aliphatic rings. The lowest BCUT2D eigenvalue weighted by atomic mass is 10.2. The maximum atomic E-state index is 14.2. The Morgan fingerprint density at radius 3 is 2.76 bits per heavy atom. The van der Waals surface area contributed by atoms with E-state index in [4.69, 9.17) is 16.3 Å². The van der Waals surface area contributed by atoms with Crippen molar-refractivity contribution in [3.8, 4) is 0 Å². The predicted molar refractivity (Wildman–Crippen MR) is 74.7 cm³/mol. The van der Waals surface area contributed by atoms with Gasteiger partial charge in [0.05, 0.1) is 18.6 Å². The number of ether oxygens (including phenoxy) is 1. The summed E-state index contributed by atoms with van der Waals surface area (Å²) in [4.78, 5) is -0.545. The predicted octanol–water partition coefficient (Wildman–Crippen LogP) is 2.50. The Bertz CT molecular complexity index is 624. The van der Waals surface area contributed by atoms with Crippen molar-refractivity contribution >= 4 is 21.6 Å². The molecule has 1 atom stereocenters. The van der Waals surface area contributed by atoms with Crippen LogP contribution in [0.4, 0.5) is 8.78 Å². The topological polar surface area (TPSA) is 46.6 Å². The molecule has 0 spiro atoms. The van der Waals surface area contributed by atoms with Crippen molar-refractivity contribution in [2.75, 3.05) is 19.7 Å². The van der Waals surface area contributed by atoms with E-state index in [1.54, 1.807) is 0 Å². The van der Waals surface area contributed by atoms with Gasteiger partial charge in [0.25, 0.3) is 0 Å². The molecule has 1 fully saturated rings. The first kappa shape index (κ1) is 16.6. The Morgan fingerprint density at radius 2 is 2.14 bits per heavy atom. The summed E-state index contributed by atoms with van der Waals surface area (Å²) >= 11 is 5.48. The monoisotopic (exact) mass is 339 g/mol. The minimum atomic E-state index is -4.03. The number of alkyl halides is 1. The van der Waals surface area contributed by atoms with E-state index in [9.17, 15) is 17.2 Å². The molecule has 1 heterocycles. The summed E-state index contributed by atoms with van der Waals surface area (Å²) in [6.07, 6.45) is 0.440. The molecule has 1 aliphatic heterocycles. The van der Waals surface area contributed by atoms with Gasteiger partial charge in [-0.2, -0.15) is 4.31 Å². The smallest absolute Gasteiger partial charge is 0.246 e. The van der Waals surface area contributed by atoms with Gasteiger partial charge in [-0.25, -0.2) is 17.2 Å². The van der Waals surface area contributed by atoms with Crippen LogP contribution in [-0.2, 0) is 20.6 Å². The van der Waals surface area contributed by atoms with E-state index < -0.39 is 38.0 Å². The average molecular weight is 340 g/mol. The molecule has 1 saturated heterocycles. The standard InChI is InChI=1S/C13H16ClF2NO3S/c1-2-9-8-17(5-6-20-9)21(18,19)12-4-3-11(15)10(7-14)13(12)16/h3-4,9H,2,5-8H2,1H3. The quantitative estimate of drug-likeness (QED) is 0.792. The Kier molecular flexibility index (Phi) is 5.19. The maximum absolute atomic E-state index is 14.2. The van der Waals surface area contributed by atoms with Crippen LogP contribution in [0.1, 0.15) is 18.9 Å².